The summed E-state index contributed by atoms with van der Waals surface area (Å²) < 4.78 is 16.5. The van der Waals surface area contributed by atoms with Gasteiger partial charge in [-0.05, 0) is 37.9 Å². The van der Waals surface area contributed by atoms with Crippen LogP contribution >= 0.6 is 0 Å². The van der Waals surface area contributed by atoms with Crippen LogP contribution in [0.2, 0.25) is 0 Å². The molecule has 0 spiro atoms. The van der Waals surface area contributed by atoms with Gasteiger partial charge in [0.25, 0.3) is 0 Å². The Labute approximate surface area is 126 Å². The first-order valence-corrected chi connectivity index (χ1v) is 7.69. The average molecular weight is 289 g/mol. The molecule has 0 radical (unpaired) electrons. The molecule has 4 heteroatoms. The number of hydrogen-bond acceptors (Lipinski definition) is 2. The van der Waals surface area contributed by atoms with Crippen LogP contribution in [0.4, 0.5) is 4.39 Å². The van der Waals surface area contributed by atoms with Gasteiger partial charge in [0.1, 0.15) is 5.82 Å². The Morgan fingerprint density at radius 2 is 2.05 bits per heavy atom. The van der Waals surface area contributed by atoms with Gasteiger partial charge in [0.15, 0.2) is 0 Å². The molecule has 0 bridgehead atoms. The molecule has 0 saturated carbocycles. The first-order chi connectivity index (χ1) is 10.2. The predicted molar refractivity (Wildman–Crippen MR) is 83.8 cm³/mol. The number of halogens is 1. The van der Waals surface area contributed by atoms with E-state index in [0.717, 1.165) is 31.6 Å². The fourth-order valence-electron chi connectivity index (χ4n) is 2.54. The fourth-order valence-corrected chi connectivity index (χ4v) is 2.54. The SMILES string of the molecule is CCCNC(c1cccc(C)c1F)c1ccnn1CCC. The number of aromatic nitrogens is 2. The molecule has 1 aromatic heterocycles. The summed E-state index contributed by atoms with van der Waals surface area (Å²) in [6, 6.07) is 7.40. The van der Waals surface area contributed by atoms with Crippen molar-refractivity contribution in [3.05, 3.63) is 53.1 Å². The zero-order valence-electron chi connectivity index (χ0n) is 13.1. The zero-order chi connectivity index (χ0) is 15.2. The van der Waals surface area contributed by atoms with Crippen LogP contribution in [0.15, 0.2) is 30.5 Å². The highest BCUT2D eigenvalue weighted by Crippen LogP contribution is 2.26. The number of nitrogens with one attached hydrogen (secondary N) is 1. The smallest absolute Gasteiger partial charge is 0.131 e. The van der Waals surface area contributed by atoms with E-state index in [1.165, 1.54) is 0 Å². The Hall–Kier alpha value is -1.68. The van der Waals surface area contributed by atoms with E-state index in [0.29, 0.717) is 11.1 Å². The van der Waals surface area contributed by atoms with Crippen LogP contribution in [0.3, 0.4) is 0 Å². The molecule has 1 atom stereocenters. The summed E-state index contributed by atoms with van der Waals surface area (Å²) in [5, 5.41) is 7.82. The van der Waals surface area contributed by atoms with Gasteiger partial charge < -0.3 is 5.32 Å². The quantitative estimate of drug-likeness (QED) is 0.839. The molecule has 114 valence electrons. The molecule has 1 unspecified atom stereocenters. The van der Waals surface area contributed by atoms with E-state index in [1.54, 1.807) is 19.2 Å². The molecule has 1 N–H and O–H groups in total. The van der Waals surface area contributed by atoms with Crippen LogP contribution < -0.4 is 5.32 Å². The van der Waals surface area contributed by atoms with Gasteiger partial charge >= 0.3 is 0 Å². The molecule has 0 aliphatic carbocycles. The fraction of sp³-hybridized carbons (Fsp3) is 0.471. The second kappa shape index (κ2) is 7.36. The van der Waals surface area contributed by atoms with Crippen LogP contribution in [0.25, 0.3) is 0 Å². The van der Waals surface area contributed by atoms with Gasteiger partial charge in [0.2, 0.25) is 0 Å². The van der Waals surface area contributed by atoms with E-state index >= 15 is 0 Å². The lowest BCUT2D eigenvalue weighted by molar-refractivity contribution is 0.492. The maximum Gasteiger partial charge on any atom is 0.131 e. The highest BCUT2D eigenvalue weighted by molar-refractivity contribution is 5.32. The van der Waals surface area contributed by atoms with Crippen LogP contribution in [0.1, 0.15) is 49.6 Å². The topological polar surface area (TPSA) is 29.9 Å². The number of rotatable bonds is 7. The van der Waals surface area contributed by atoms with Crippen molar-refractivity contribution in [2.75, 3.05) is 6.54 Å². The third-order valence-corrected chi connectivity index (χ3v) is 3.61. The molecule has 2 aromatic rings. The number of benzene rings is 1. The summed E-state index contributed by atoms with van der Waals surface area (Å²) in [4.78, 5) is 0. The third kappa shape index (κ3) is 3.50. The summed E-state index contributed by atoms with van der Waals surface area (Å²) in [6.45, 7) is 7.72. The van der Waals surface area contributed by atoms with Crippen LogP contribution in [0, 0.1) is 12.7 Å². The Bertz CT molecular complexity index is 577. The van der Waals surface area contributed by atoms with Crippen molar-refractivity contribution >= 4 is 0 Å². The normalized spacial score (nSPS) is 12.6. The Morgan fingerprint density at radius 3 is 2.76 bits per heavy atom. The second-order valence-corrected chi connectivity index (χ2v) is 5.34. The molecule has 0 aliphatic rings. The van der Waals surface area contributed by atoms with Gasteiger partial charge in [0, 0.05) is 18.3 Å². The minimum absolute atomic E-state index is 0.129. The summed E-state index contributed by atoms with van der Waals surface area (Å²) in [5.74, 6) is -0.129. The van der Waals surface area contributed by atoms with Crippen LogP contribution in [0.5, 0.6) is 0 Å². The van der Waals surface area contributed by atoms with Gasteiger partial charge in [-0.2, -0.15) is 5.10 Å². The maximum atomic E-state index is 14.5. The van der Waals surface area contributed by atoms with E-state index in [4.69, 9.17) is 0 Å². The number of nitrogens with zero attached hydrogens (tertiary/aromatic N) is 2. The van der Waals surface area contributed by atoms with Gasteiger partial charge in [-0.3, -0.25) is 4.68 Å². The van der Waals surface area contributed by atoms with Gasteiger partial charge in [0.05, 0.1) is 11.7 Å². The monoisotopic (exact) mass is 289 g/mol. The van der Waals surface area contributed by atoms with Gasteiger partial charge in [-0.1, -0.05) is 32.0 Å². The standard InChI is InChI=1S/C17H24FN3/c1-4-10-19-17(14-8-6-7-13(3)16(14)18)15-9-11-20-21(15)12-5-2/h6-9,11,17,19H,4-5,10,12H2,1-3H3. The molecule has 3 nitrogen and oxygen atoms in total. The van der Waals surface area contributed by atoms with E-state index in [1.807, 2.05) is 22.9 Å². The van der Waals surface area contributed by atoms with Gasteiger partial charge in [-0.15, -0.1) is 0 Å². The molecular formula is C17H24FN3. The zero-order valence-corrected chi connectivity index (χ0v) is 13.1. The minimum atomic E-state index is -0.154. The summed E-state index contributed by atoms with van der Waals surface area (Å²) in [5.41, 5.74) is 2.40. The van der Waals surface area contributed by atoms with Crippen LogP contribution in [-0.2, 0) is 6.54 Å². The average Bonchev–Trinajstić information content (AvgIpc) is 2.92. The van der Waals surface area contributed by atoms with Crippen molar-refractivity contribution in [2.24, 2.45) is 0 Å². The molecule has 0 aliphatic heterocycles. The van der Waals surface area contributed by atoms with Gasteiger partial charge in [-0.25, -0.2) is 4.39 Å². The third-order valence-electron chi connectivity index (χ3n) is 3.61. The summed E-state index contributed by atoms with van der Waals surface area (Å²) in [6.07, 6.45) is 3.80. The molecule has 0 amide bonds. The molecule has 0 fully saturated rings. The predicted octanol–water partition coefficient (Wildman–Crippen LogP) is 3.83. The number of hydrogen-bond donors (Lipinski definition) is 1. The lowest BCUT2D eigenvalue weighted by atomic mass is 10.00. The minimum Gasteiger partial charge on any atom is -0.305 e. The first-order valence-electron chi connectivity index (χ1n) is 7.69. The van der Waals surface area contributed by atoms with E-state index in [-0.39, 0.29) is 11.9 Å². The molecule has 1 heterocycles. The molecule has 1 aromatic carbocycles. The van der Waals surface area contributed by atoms with Crippen molar-refractivity contribution in [1.82, 2.24) is 15.1 Å². The maximum absolute atomic E-state index is 14.5. The van der Waals surface area contributed by atoms with Crippen molar-refractivity contribution in [3.63, 3.8) is 0 Å². The number of aryl methyl sites for hydroxylation is 2. The molecule has 0 saturated heterocycles. The van der Waals surface area contributed by atoms with Crippen molar-refractivity contribution in [3.8, 4) is 0 Å². The van der Waals surface area contributed by atoms with Crippen molar-refractivity contribution in [1.29, 1.82) is 0 Å². The first kappa shape index (κ1) is 15.7. The Balaban J connectivity index is 2.42. The molecular weight excluding hydrogens is 265 g/mol. The summed E-state index contributed by atoms with van der Waals surface area (Å²) in [7, 11) is 0. The van der Waals surface area contributed by atoms with E-state index in [9.17, 15) is 4.39 Å². The molecule has 21 heavy (non-hydrogen) atoms. The molecule has 2 rings (SSSR count). The highest BCUT2D eigenvalue weighted by Gasteiger charge is 2.21. The largest absolute Gasteiger partial charge is 0.305 e. The van der Waals surface area contributed by atoms with Crippen molar-refractivity contribution < 1.29 is 4.39 Å². The van der Waals surface area contributed by atoms with E-state index < -0.39 is 0 Å². The van der Waals surface area contributed by atoms with E-state index in [2.05, 4.69) is 24.3 Å². The van der Waals surface area contributed by atoms with Crippen molar-refractivity contribution in [2.45, 2.75) is 46.2 Å². The summed E-state index contributed by atoms with van der Waals surface area (Å²) >= 11 is 0. The Morgan fingerprint density at radius 1 is 1.24 bits per heavy atom. The lowest BCUT2D eigenvalue weighted by Gasteiger charge is -2.21. The highest BCUT2D eigenvalue weighted by atomic mass is 19.1. The lowest BCUT2D eigenvalue weighted by Crippen LogP contribution is -2.27. The Kier molecular flexibility index (Phi) is 5.51. The second-order valence-electron chi connectivity index (χ2n) is 5.34. The van der Waals surface area contributed by atoms with Crippen LogP contribution in [-0.4, -0.2) is 16.3 Å².